The summed E-state index contributed by atoms with van der Waals surface area (Å²) in [4.78, 5) is 41.3. The number of rotatable bonds is 10. The lowest BCUT2D eigenvalue weighted by molar-refractivity contribution is -0.127. The van der Waals surface area contributed by atoms with Crippen molar-refractivity contribution >= 4 is 34.3 Å². The van der Waals surface area contributed by atoms with Gasteiger partial charge < -0.3 is 5.32 Å². The Labute approximate surface area is 222 Å². The molecule has 4 rings (SSSR count). The van der Waals surface area contributed by atoms with Gasteiger partial charge in [0, 0.05) is 17.8 Å². The van der Waals surface area contributed by atoms with Crippen molar-refractivity contribution in [3.05, 3.63) is 89.5 Å². The summed E-state index contributed by atoms with van der Waals surface area (Å²) in [5, 5.41) is 11.4. The molecule has 0 radical (unpaired) electrons. The summed E-state index contributed by atoms with van der Waals surface area (Å²) in [6.07, 6.45) is 0.818. The minimum Gasteiger partial charge on any atom is -0.354 e. The molecule has 2 amide bonds. The minimum atomic E-state index is -0.922. The number of ketones is 1. The van der Waals surface area contributed by atoms with Crippen LogP contribution in [0.3, 0.4) is 0 Å². The van der Waals surface area contributed by atoms with E-state index in [1.165, 1.54) is 11.8 Å². The van der Waals surface area contributed by atoms with E-state index >= 15 is 0 Å². The molecule has 4 aromatic rings. The molecular weight excluding hydrogens is 478 g/mol. The molecule has 0 aliphatic rings. The van der Waals surface area contributed by atoms with Crippen LogP contribution in [-0.4, -0.2) is 39.1 Å². The molecule has 38 heavy (non-hydrogen) atoms. The molecule has 3 aromatic carbocycles. The third-order valence-electron chi connectivity index (χ3n) is 6.54. The maximum absolute atomic E-state index is 14.1. The van der Waals surface area contributed by atoms with Gasteiger partial charge in [0.15, 0.2) is 5.78 Å². The fraction of sp³-hybridized carbons (Fsp3) is 0.300. The van der Waals surface area contributed by atoms with Crippen molar-refractivity contribution < 1.29 is 14.4 Å². The maximum atomic E-state index is 14.1. The van der Waals surface area contributed by atoms with Crippen molar-refractivity contribution in [3.63, 3.8) is 0 Å². The molecule has 1 aromatic heterocycles. The lowest BCUT2D eigenvalue weighted by Gasteiger charge is -2.32. The first-order valence-corrected chi connectivity index (χ1v) is 12.8. The van der Waals surface area contributed by atoms with Crippen LogP contribution in [0.2, 0.25) is 0 Å². The molecule has 0 saturated heterocycles. The Kier molecular flexibility index (Phi) is 8.31. The number of hydrogen-bond acceptors (Lipinski definition) is 5. The Balaban J connectivity index is 1.79. The van der Waals surface area contributed by atoms with E-state index in [1.54, 1.807) is 28.9 Å². The normalized spacial score (nSPS) is 11.9. The second-order valence-electron chi connectivity index (χ2n) is 9.84. The van der Waals surface area contributed by atoms with Gasteiger partial charge in [0.1, 0.15) is 18.1 Å². The molecule has 0 bridgehead atoms. The number of anilines is 1. The van der Waals surface area contributed by atoms with Gasteiger partial charge in [0.05, 0.1) is 5.52 Å². The molecule has 1 heterocycles. The van der Waals surface area contributed by atoms with Crippen LogP contribution in [0.5, 0.6) is 0 Å². The third kappa shape index (κ3) is 5.96. The van der Waals surface area contributed by atoms with Crippen LogP contribution in [-0.2, 0) is 16.1 Å². The van der Waals surface area contributed by atoms with Crippen LogP contribution in [0.15, 0.2) is 72.8 Å². The van der Waals surface area contributed by atoms with Crippen molar-refractivity contribution in [3.8, 4) is 0 Å². The molecule has 0 fully saturated rings. The first-order chi connectivity index (χ1) is 18.3. The Bertz CT molecular complexity index is 1440. The number of amides is 2. The number of aryl methyl sites for hydroxylation is 1. The van der Waals surface area contributed by atoms with Gasteiger partial charge in [0.2, 0.25) is 11.8 Å². The third-order valence-corrected chi connectivity index (χ3v) is 6.54. The molecule has 1 N–H and O–H groups in total. The fourth-order valence-corrected chi connectivity index (χ4v) is 4.40. The van der Waals surface area contributed by atoms with Crippen LogP contribution in [0.1, 0.15) is 54.7 Å². The van der Waals surface area contributed by atoms with Crippen LogP contribution in [0.25, 0.3) is 11.0 Å². The minimum absolute atomic E-state index is 0.0783. The van der Waals surface area contributed by atoms with Crippen molar-refractivity contribution in [1.29, 1.82) is 0 Å². The Morgan fingerprint density at radius 3 is 2.32 bits per heavy atom. The molecular formula is C30H33N5O3. The van der Waals surface area contributed by atoms with Crippen molar-refractivity contribution in [2.75, 3.05) is 11.4 Å². The van der Waals surface area contributed by atoms with Gasteiger partial charge >= 0.3 is 0 Å². The molecule has 0 aliphatic heterocycles. The Morgan fingerprint density at radius 2 is 1.63 bits per heavy atom. The zero-order chi connectivity index (χ0) is 27.2. The number of para-hydroxylation sites is 1. The number of carbonyl (C=O) groups is 3. The Morgan fingerprint density at radius 1 is 0.947 bits per heavy atom. The number of benzene rings is 3. The van der Waals surface area contributed by atoms with Crippen LogP contribution in [0, 0.1) is 12.8 Å². The van der Waals surface area contributed by atoms with Crippen LogP contribution < -0.4 is 10.2 Å². The topological polar surface area (TPSA) is 97.2 Å². The number of nitrogens with one attached hydrogen (secondary N) is 1. The highest BCUT2D eigenvalue weighted by molar-refractivity contribution is 6.02. The number of carbonyl (C=O) groups excluding carboxylic acids is 3. The molecule has 8 nitrogen and oxygen atoms in total. The SMILES string of the molecule is CC(=O)c1ccc(N(C(=O)Cn2nnc3ccccc32)[C@H](C(=O)NCCC(C)C)c2ccccc2C)cc1. The zero-order valence-corrected chi connectivity index (χ0v) is 22.2. The van der Waals surface area contributed by atoms with E-state index in [-0.39, 0.29) is 24.1 Å². The Hall–Kier alpha value is -4.33. The highest BCUT2D eigenvalue weighted by Gasteiger charge is 2.34. The number of Topliss-reactive ketones (excluding diaryl/α,β-unsaturated/α-hetero) is 1. The quantitative estimate of drug-likeness (QED) is 0.306. The number of hydrogen-bond donors (Lipinski definition) is 1. The van der Waals surface area contributed by atoms with E-state index in [0.717, 1.165) is 23.1 Å². The second-order valence-corrected chi connectivity index (χ2v) is 9.84. The van der Waals surface area contributed by atoms with E-state index in [1.807, 2.05) is 55.5 Å². The average molecular weight is 512 g/mol. The van der Waals surface area contributed by atoms with E-state index in [0.29, 0.717) is 29.2 Å². The lowest BCUT2D eigenvalue weighted by Crippen LogP contribution is -2.46. The highest BCUT2D eigenvalue weighted by Crippen LogP contribution is 2.31. The zero-order valence-electron chi connectivity index (χ0n) is 22.2. The van der Waals surface area contributed by atoms with Gasteiger partial charge in [-0.25, -0.2) is 4.68 Å². The van der Waals surface area contributed by atoms with Gasteiger partial charge in [-0.3, -0.25) is 19.3 Å². The first-order valence-electron chi connectivity index (χ1n) is 12.8. The number of fused-ring (bicyclic) bond motifs is 1. The first kappa shape index (κ1) is 26.7. The molecule has 196 valence electrons. The van der Waals surface area contributed by atoms with Crippen molar-refractivity contribution in [2.24, 2.45) is 5.92 Å². The maximum Gasteiger partial charge on any atom is 0.249 e. The number of nitrogens with zero attached hydrogens (tertiary/aromatic N) is 4. The molecule has 0 spiro atoms. The smallest absolute Gasteiger partial charge is 0.249 e. The van der Waals surface area contributed by atoms with Gasteiger partial charge in [-0.1, -0.05) is 55.5 Å². The van der Waals surface area contributed by atoms with E-state index in [9.17, 15) is 14.4 Å². The highest BCUT2D eigenvalue weighted by atomic mass is 16.2. The molecule has 0 unspecified atom stereocenters. The largest absolute Gasteiger partial charge is 0.354 e. The fourth-order valence-electron chi connectivity index (χ4n) is 4.40. The molecule has 8 heteroatoms. The summed E-state index contributed by atoms with van der Waals surface area (Å²) in [5.41, 5.74) is 4.05. The standard InChI is InChI=1S/C30H33N5O3/c1-20(2)17-18-31-30(38)29(25-10-6-5-9-21(25)3)35(24-15-13-23(14-16-24)22(4)36)28(37)19-34-27-12-8-7-11-26(27)32-33-34/h5-16,20,29H,17-19H2,1-4H3,(H,31,38)/t29-/m0/s1. The molecule has 0 aliphatic carbocycles. The monoisotopic (exact) mass is 511 g/mol. The van der Waals surface area contributed by atoms with Gasteiger partial charge in [-0.05, 0) is 73.7 Å². The second kappa shape index (κ2) is 11.8. The summed E-state index contributed by atoms with van der Waals surface area (Å²) in [5.74, 6) is -0.258. The molecule has 0 saturated carbocycles. The molecule has 1 atom stereocenters. The van der Waals surface area contributed by atoms with Crippen LogP contribution >= 0.6 is 0 Å². The summed E-state index contributed by atoms with van der Waals surface area (Å²) < 4.78 is 1.54. The lowest BCUT2D eigenvalue weighted by atomic mass is 9.97. The van der Waals surface area contributed by atoms with Gasteiger partial charge in [-0.2, -0.15) is 0 Å². The van der Waals surface area contributed by atoms with E-state index in [4.69, 9.17) is 0 Å². The van der Waals surface area contributed by atoms with Gasteiger partial charge in [-0.15, -0.1) is 5.10 Å². The summed E-state index contributed by atoms with van der Waals surface area (Å²) in [7, 11) is 0. The predicted molar refractivity (Wildman–Crippen MR) is 148 cm³/mol. The average Bonchev–Trinajstić information content (AvgIpc) is 3.30. The van der Waals surface area contributed by atoms with E-state index < -0.39 is 6.04 Å². The van der Waals surface area contributed by atoms with Crippen molar-refractivity contribution in [2.45, 2.75) is 46.7 Å². The summed E-state index contributed by atoms with van der Waals surface area (Å²) in [6.45, 7) is 8.00. The van der Waals surface area contributed by atoms with Crippen molar-refractivity contribution in [1.82, 2.24) is 20.3 Å². The van der Waals surface area contributed by atoms with Gasteiger partial charge in [0.25, 0.3) is 0 Å². The summed E-state index contributed by atoms with van der Waals surface area (Å²) in [6, 6.07) is 20.8. The van der Waals surface area contributed by atoms with E-state index in [2.05, 4.69) is 29.5 Å². The number of aromatic nitrogens is 3. The predicted octanol–water partition coefficient (Wildman–Crippen LogP) is 4.88. The van der Waals surface area contributed by atoms with Crippen LogP contribution in [0.4, 0.5) is 5.69 Å². The summed E-state index contributed by atoms with van der Waals surface area (Å²) >= 11 is 0.